The van der Waals surface area contributed by atoms with Crippen LogP contribution in [-0.2, 0) is 6.54 Å². The largest absolute Gasteiger partial charge is 0.389 e. The first kappa shape index (κ1) is 12.7. The molecule has 0 radical (unpaired) electrons. The second-order valence-corrected chi connectivity index (χ2v) is 4.33. The summed E-state index contributed by atoms with van der Waals surface area (Å²) in [5, 5.41) is 0. The molecule has 0 spiro atoms. The van der Waals surface area contributed by atoms with Crippen LogP contribution in [-0.4, -0.2) is 15.7 Å². The Morgan fingerprint density at radius 3 is 2.72 bits per heavy atom. The summed E-state index contributed by atoms with van der Waals surface area (Å²) in [6.07, 6.45) is -4.92. The maximum absolute atomic E-state index is 12.1. The van der Waals surface area contributed by atoms with E-state index in [9.17, 15) is 13.2 Å². The third-order valence-corrected chi connectivity index (χ3v) is 2.78. The predicted octanol–water partition coefficient (Wildman–Crippen LogP) is 3.27. The van der Waals surface area contributed by atoms with Crippen LogP contribution in [0, 0.1) is 6.92 Å². The van der Waals surface area contributed by atoms with Crippen molar-refractivity contribution in [3.8, 4) is 0 Å². The number of anilines is 1. The third kappa shape index (κ3) is 2.75. The molecule has 98 valence electrons. The van der Waals surface area contributed by atoms with Gasteiger partial charge in [0.2, 0.25) is 5.95 Å². The minimum absolute atomic E-state index is 0.00698. The lowest BCUT2D eigenvalue weighted by molar-refractivity contribution is -0.135. The number of hydrogen-bond donors (Lipinski definition) is 1. The zero-order valence-corrected chi connectivity index (χ0v) is 9.96. The molecule has 1 aromatic carbocycles. The van der Waals surface area contributed by atoms with Crippen molar-refractivity contribution < 1.29 is 13.2 Å². The maximum Gasteiger partial charge on any atom is 0.389 e. The number of imidazole rings is 1. The molecule has 0 fully saturated rings. The molecule has 2 rings (SSSR count). The highest BCUT2D eigenvalue weighted by Gasteiger charge is 2.26. The summed E-state index contributed by atoms with van der Waals surface area (Å²) in [5.74, 6) is 0.262. The molecule has 2 N–H and O–H groups in total. The fourth-order valence-electron chi connectivity index (χ4n) is 1.93. The minimum atomic E-state index is -4.12. The molecule has 1 aromatic heterocycles. The van der Waals surface area contributed by atoms with Gasteiger partial charge in [0.15, 0.2) is 0 Å². The zero-order valence-electron chi connectivity index (χ0n) is 9.96. The molecule has 1 heterocycles. The van der Waals surface area contributed by atoms with E-state index in [0.717, 1.165) is 16.6 Å². The molecule has 0 aliphatic heterocycles. The second-order valence-electron chi connectivity index (χ2n) is 4.33. The van der Waals surface area contributed by atoms with Gasteiger partial charge in [0, 0.05) is 13.0 Å². The van der Waals surface area contributed by atoms with Gasteiger partial charge in [-0.25, -0.2) is 4.98 Å². The SMILES string of the molecule is Cc1ccc2c(c1)nc(N)n2CCCC(F)(F)F. The van der Waals surface area contributed by atoms with Crippen LogP contribution in [0.25, 0.3) is 11.0 Å². The van der Waals surface area contributed by atoms with Crippen molar-refractivity contribution in [2.45, 2.75) is 32.5 Å². The Morgan fingerprint density at radius 2 is 2.06 bits per heavy atom. The summed E-state index contributed by atoms with van der Waals surface area (Å²) in [4.78, 5) is 4.15. The van der Waals surface area contributed by atoms with Gasteiger partial charge >= 0.3 is 6.18 Å². The summed E-state index contributed by atoms with van der Waals surface area (Å²) in [7, 11) is 0. The van der Waals surface area contributed by atoms with Gasteiger partial charge < -0.3 is 10.3 Å². The van der Waals surface area contributed by atoms with Gasteiger partial charge in [0.1, 0.15) is 0 Å². The molecule has 0 aliphatic carbocycles. The highest BCUT2D eigenvalue weighted by Crippen LogP contribution is 2.24. The molecular weight excluding hydrogens is 243 g/mol. The van der Waals surface area contributed by atoms with Gasteiger partial charge in [0.25, 0.3) is 0 Å². The lowest BCUT2D eigenvalue weighted by Crippen LogP contribution is -2.10. The summed E-state index contributed by atoms with van der Waals surface area (Å²) in [5.41, 5.74) is 8.27. The van der Waals surface area contributed by atoms with Crippen LogP contribution in [0.4, 0.5) is 19.1 Å². The van der Waals surface area contributed by atoms with Gasteiger partial charge in [-0.3, -0.25) is 0 Å². The van der Waals surface area contributed by atoms with E-state index < -0.39 is 12.6 Å². The monoisotopic (exact) mass is 257 g/mol. The number of halogens is 3. The molecule has 0 amide bonds. The lowest BCUT2D eigenvalue weighted by atomic mass is 10.2. The molecule has 0 aliphatic rings. The van der Waals surface area contributed by atoms with E-state index in [4.69, 9.17) is 5.73 Å². The van der Waals surface area contributed by atoms with E-state index in [1.807, 2.05) is 25.1 Å². The molecule has 3 nitrogen and oxygen atoms in total. The van der Waals surface area contributed by atoms with E-state index in [0.29, 0.717) is 0 Å². The van der Waals surface area contributed by atoms with Crippen LogP contribution in [0.2, 0.25) is 0 Å². The first-order chi connectivity index (χ1) is 8.37. The number of fused-ring (bicyclic) bond motifs is 1. The van der Waals surface area contributed by atoms with Crippen molar-refractivity contribution in [1.82, 2.24) is 9.55 Å². The second kappa shape index (κ2) is 4.51. The van der Waals surface area contributed by atoms with Crippen LogP contribution in [0.15, 0.2) is 18.2 Å². The Balaban J connectivity index is 2.20. The molecule has 0 saturated heterocycles. The molecule has 6 heteroatoms. The number of aryl methyl sites for hydroxylation is 2. The number of hydrogen-bond acceptors (Lipinski definition) is 2. The average molecular weight is 257 g/mol. The van der Waals surface area contributed by atoms with Crippen LogP contribution in [0.5, 0.6) is 0 Å². The van der Waals surface area contributed by atoms with Gasteiger partial charge in [-0.2, -0.15) is 13.2 Å². The third-order valence-electron chi connectivity index (χ3n) is 2.78. The number of nitrogens with zero attached hydrogens (tertiary/aromatic N) is 2. The number of nitrogen functional groups attached to an aromatic ring is 1. The first-order valence-electron chi connectivity index (χ1n) is 5.66. The first-order valence-corrected chi connectivity index (χ1v) is 5.66. The predicted molar refractivity (Wildman–Crippen MR) is 64.2 cm³/mol. The highest BCUT2D eigenvalue weighted by atomic mass is 19.4. The molecular formula is C12H14F3N3. The van der Waals surface area contributed by atoms with E-state index in [1.54, 1.807) is 4.57 Å². The van der Waals surface area contributed by atoms with Crippen LogP contribution < -0.4 is 5.73 Å². The van der Waals surface area contributed by atoms with Crippen molar-refractivity contribution in [2.24, 2.45) is 0 Å². The van der Waals surface area contributed by atoms with E-state index >= 15 is 0 Å². The Kier molecular flexibility index (Phi) is 3.19. The van der Waals surface area contributed by atoms with Gasteiger partial charge in [-0.1, -0.05) is 6.07 Å². The fourth-order valence-corrected chi connectivity index (χ4v) is 1.93. The summed E-state index contributed by atoms with van der Waals surface area (Å²) >= 11 is 0. The summed E-state index contributed by atoms with van der Waals surface area (Å²) in [6.45, 7) is 2.16. The van der Waals surface area contributed by atoms with Gasteiger partial charge in [-0.15, -0.1) is 0 Å². The molecule has 2 aromatic rings. The number of alkyl halides is 3. The van der Waals surface area contributed by atoms with Crippen LogP contribution in [0.1, 0.15) is 18.4 Å². The van der Waals surface area contributed by atoms with Crippen molar-refractivity contribution in [3.05, 3.63) is 23.8 Å². The lowest BCUT2D eigenvalue weighted by Gasteiger charge is -2.08. The van der Waals surface area contributed by atoms with Gasteiger partial charge in [-0.05, 0) is 31.0 Å². The smallest absolute Gasteiger partial charge is 0.369 e. The van der Waals surface area contributed by atoms with Crippen molar-refractivity contribution in [2.75, 3.05) is 5.73 Å². The number of benzene rings is 1. The van der Waals surface area contributed by atoms with E-state index in [2.05, 4.69) is 4.98 Å². The molecule has 0 bridgehead atoms. The van der Waals surface area contributed by atoms with Gasteiger partial charge in [0.05, 0.1) is 11.0 Å². The normalized spacial score (nSPS) is 12.2. The van der Waals surface area contributed by atoms with Crippen molar-refractivity contribution in [3.63, 3.8) is 0 Å². The maximum atomic E-state index is 12.1. The minimum Gasteiger partial charge on any atom is -0.369 e. The molecule has 0 atom stereocenters. The van der Waals surface area contributed by atoms with Crippen LogP contribution in [0.3, 0.4) is 0 Å². The molecule has 0 unspecified atom stereocenters. The van der Waals surface area contributed by atoms with E-state index in [1.165, 1.54) is 0 Å². The summed E-state index contributed by atoms with van der Waals surface area (Å²) < 4.78 is 37.9. The van der Waals surface area contributed by atoms with Crippen LogP contribution >= 0.6 is 0 Å². The number of aromatic nitrogens is 2. The number of rotatable bonds is 3. The Labute approximate surface area is 102 Å². The van der Waals surface area contributed by atoms with E-state index in [-0.39, 0.29) is 18.9 Å². The zero-order chi connectivity index (χ0) is 13.3. The molecule has 18 heavy (non-hydrogen) atoms. The Hall–Kier alpha value is -1.72. The standard InChI is InChI=1S/C12H14F3N3/c1-8-3-4-10-9(7-8)17-11(16)18(10)6-2-5-12(13,14)15/h3-4,7H,2,5-6H2,1H3,(H2,16,17). The molecule has 0 saturated carbocycles. The number of nitrogens with two attached hydrogens (primary N) is 1. The topological polar surface area (TPSA) is 43.8 Å². The average Bonchev–Trinajstić information content (AvgIpc) is 2.52. The van der Waals surface area contributed by atoms with Crippen molar-refractivity contribution in [1.29, 1.82) is 0 Å². The Morgan fingerprint density at radius 1 is 1.33 bits per heavy atom. The Bertz CT molecular complexity index is 557. The quantitative estimate of drug-likeness (QED) is 0.917. The van der Waals surface area contributed by atoms with Crippen molar-refractivity contribution >= 4 is 17.0 Å². The fraction of sp³-hybridized carbons (Fsp3) is 0.417. The summed E-state index contributed by atoms with van der Waals surface area (Å²) in [6, 6.07) is 5.59. The highest BCUT2D eigenvalue weighted by molar-refractivity contribution is 5.79.